The number of hydrogen-bond acceptors (Lipinski definition) is 7. The summed E-state index contributed by atoms with van der Waals surface area (Å²) in [6.45, 7) is 6.64. The van der Waals surface area contributed by atoms with Crippen molar-refractivity contribution >= 4 is 33.9 Å². The number of benzene rings is 2. The van der Waals surface area contributed by atoms with E-state index in [1.165, 1.54) is 50.0 Å². The summed E-state index contributed by atoms with van der Waals surface area (Å²) in [5.74, 6) is 1.03. The van der Waals surface area contributed by atoms with E-state index >= 15 is 0 Å². The van der Waals surface area contributed by atoms with E-state index in [4.69, 9.17) is 26.3 Å². The zero-order chi connectivity index (χ0) is 29.0. The van der Waals surface area contributed by atoms with Crippen LogP contribution < -0.4 is 14.5 Å². The summed E-state index contributed by atoms with van der Waals surface area (Å²) < 4.78 is 8.92. The molecule has 1 aliphatic carbocycles. The van der Waals surface area contributed by atoms with Gasteiger partial charge >= 0.3 is 6.01 Å². The van der Waals surface area contributed by atoms with Crippen molar-refractivity contribution in [2.75, 3.05) is 43.0 Å². The van der Waals surface area contributed by atoms with E-state index in [-0.39, 0.29) is 6.10 Å². The van der Waals surface area contributed by atoms with Crippen LogP contribution in [0.4, 0.5) is 11.5 Å². The first-order chi connectivity index (χ1) is 21.0. The van der Waals surface area contributed by atoms with Crippen LogP contribution in [0.3, 0.4) is 0 Å². The van der Waals surface area contributed by atoms with Crippen LogP contribution in [0.25, 0.3) is 10.8 Å². The number of anilines is 2. The van der Waals surface area contributed by atoms with E-state index < -0.39 is 0 Å². The van der Waals surface area contributed by atoms with Gasteiger partial charge in [-0.15, -0.1) is 0 Å². The SMILES string of the molecule is CN1CCC2(CCC(Oc3nc4c(c(N5CCn6cncc6C5)n3)CCN(c3cccc5cccc(Cl)c35)C4)CC2)CC1. The first-order valence-corrected chi connectivity index (χ1v) is 16.3. The van der Waals surface area contributed by atoms with E-state index in [1.807, 2.05) is 24.7 Å². The number of likely N-dealkylation sites (tertiary alicyclic amines) is 1. The van der Waals surface area contributed by atoms with E-state index in [0.717, 1.165) is 78.4 Å². The molecule has 9 heteroatoms. The maximum atomic E-state index is 6.75. The fraction of sp³-hybridized carbons (Fsp3) is 0.500. The highest BCUT2D eigenvalue weighted by Gasteiger charge is 2.38. The van der Waals surface area contributed by atoms with Crippen molar-refractivity contribution in [3.63, 3.8) is 0 Å². The van der Waals surface area contributed by atoms with Gasteiger partial charge < -0.3 is 24.0 Å². The molecule has 0 bridgehead atoms. The lowest BCUT2D eigenvalue weighted by atomic mass is 9.67. The molecular formula is C34H40ClN7O. The Morgan fingerprint density at radius 3 is 2.53 bits per heavy atom. The Hall–Kier alpha value is -3.36. The molecule has 4 aliphatic rings. The second kappa shape index (κ2) is 11.0. The molecule has 3 aliphatic heterocycles. The number of ether oxygens (including phenoxy) is 1. The largest absolute Gasteiger partial charge is 0.460 e. The number of fused-ring (bicyclic) bond motifs is 3. The molecule has 0 unspecified atom stereocenters. The Bertz CT molecular complexity index is 1630. The van der Waals surface area contributed by atoms with Crippen LogP contribution in [-0.4, -0.2) is 63.7 Å². The molecule has 2 aromatic heterocycles. The first-order valence-electron chi connectivity index (χ1n) is 15.9. The lowest BCUT2D eigenvalue weighted by molar-refractivity contribution is 0.0293. The highest BCUT2D eigenvalue weighted by molar-refractivity contribution is 6.36. The zero-order valence-corrected chi connectivity index (χ0v) is 25.8. The van der Waals surface area contributed by atoms with Gasteiger partial charge in [0, 0.05) is 42.5 Å². The van der Waals surface area contributed by atoms with Gasteiger partial charge in [0.15, 0.2) is 0 Å². The molecule has 2 aromatic carbocycles. The number of halogens is 1. The average molecular weight is 598 g/mol. The standard InChI is InChI=1S/C34H40ClN7O/c1-39-16-13-34(14-17-39)11-8-26(9-12-34)43-33-37-29-22-40(30-7-3-5-24-4-2-6-28(35)31(24)30)15-10-27(29)32(38-33)41-18-19-42-23-36-20-25(42)21-41/h2-7,20,23,26H,8-19,21-22H2,1H3. The number of piperidine rings is 1. The van der Waals surface area contributed by atoms with E-state index in [0.29, 0.717) is 18.0 Å². The molecule has 0 atom stereocenters. The van der Waals surface area contributed by atoms with E-state index in [1.54, 1.807) is 0 Å². The summed E-state index contributed by atoms with van der Waals surface area (Å²) in [6.07, 6.45) is 12.3. The zero-order valence-electron chi connectivity index (χ0n) is 25.0. The van der Waals surface area contributed by atoms with Gasteiger partial charge in [-0.1, -0.05) is 35.9 Å². The predicted octanol–water partition coefficient (Wildman–Crippen LogP) is 6.10. The van der Waals surface area contributed by atoms with Gasteiger partial charge in [0.25, 0.3) is 0 Å². The van der Waals surface area contributed by atoms with Crippen molar-refractivity contribution in [3.05, 3.63) is 70.9 Å². The molecule has 8 nitrogen and oxygen atoms in total. The van der Waals surface area contributed by atoms with Gasteiger partial charge in [-0.25, -0.2) is 4.98 Å². The third kappa shape index (κ3) is 5.12. The van der Waals surface area contributed by atoms with Crippen LogP contribution in [0, 0.1) is 5.41 Å². The Labute approximate surface area is 258 Å². The minimum atomic E-state index is 0.176. The average Bonchev–Trinajstić information content (AvgIpc) is 3.51. The molecule has 0 amide bonds. The highest BCUT2D eigenvalue weighted by atomic mass is 35.5. The van der Waals surface area contributed by atoms with Crippen molar-refractivity contribution < 1.29 is 4.74 Å². The fourth-order valence-electron chi connectivity index (χ4n) is 7.88. The molecule has 2 fully saturated rings. The number of imidazole rings is 1. The van der Waals surface area contributed by atoms with Gasteiger partial charge in [0.1, 0.15) is 11.9 Å². The normalized spacial score (nSPS) is 20.8. The monoisotopic (exact) mass is 597 g/mol. The van der Waals surface area contributed by atoms with E-state index in [9.17, 15) is 0 Å². The summed E-state index contributed by atoms with van der Waals surface area (Å²) in [6, 6.07) is 13.1. The first kappa shape index (κ1) is 27.2. The van der Waals surface area contributed by atoms with Crippen LogP contribution in [-0.2, 0) is 26.1 Å². The maximum absolute atomic E-state index is 6.75. The van der Waals surface area contributed by atoms with Gasteiger partial charge in [-0.3, -0.25) is 0 Å². The van der Waals surface area contributed by atoms with Crippen LogP contribution in [0.2, 0.25) is 5.02 Å². The van der Waals surface area contributed by atoms with Crippen LogP contribution in [0.1, 0.15) is 55.5 Å². The molecule has 8 rings (SSSR count). The molecule has 4 aromatic rings. The topological polar surface area (TPSA) is 62.6 Å². The van der Waals surface area contributed by atoms with Crippen LogP contribution in [0.5, 0.6) is 6.01 Å². The molecular weight excluding hydrogens is 558 g/mol. The van der Waals surface area contributed by atoms with E-state index in [2.05, 4.69) is 55.6 Å². The number of rotatable bonds is 4. The number of aromatic nitrogens is 4. The molecule has 0 N–H and O–H groups in total. The van der Waals surface area contributed by atoms with Crippen LogP contribution in [0.15, 0.2) is 48.9 Å². The van der Waals surface area contributed by atoms with Crippen LogP contribution >= 0.6 is 11.6 Å². The van der Waals surface area contributed by atoms with Crippen molar-refractivity contribution in [3.8, 4) is 6.01 Å². The summed E-state index contributed by atoms with van der Waals surface area (Å²) in [7, 11) is 2.25. The second-order valence-corrected chi connectivity index (χ2v) is 13.6. The third-order valence-corrected chi connectivity index (χ3v) is 10.9. The van der Waals surface area contributed by atoms with Crippen molar-refractivity contribution in [2.24, 2.45) is 5.41 Å². The molecule has 1 spiro atoms. The van der Waals surface area contributed by atoms with Crippen molar-refractivity contribution in [1.82, 2.24) is 24.4 Å². The molecule has 1 saturated heterocycles. The molecule has 0 radical (unpaired) electrons. The Morgan fingerprint density at radius 2 is 1.70 bits per heavy atom. The van der Waals surface area contributed by atoms with Gasteiger partial charge in [0.05, 0.1) is 35.8 Å². The Morgan fingerprint density at radius 1 is 0.884 bits per heavy atom. The quantitative estimate of drug-likeness (QED) is 0.282. The summed E-state index contributed by atoms with van der Waals surface area (Å²) in [5, 5.41) is 3.05. The molecule has 5 heterocycles. The van der Waals surface area contributed by atoms with Crippen molar-refractivity contribution in [1.29, 1.82) is 0 Å². The second-order valence-electron chi connectivity index (χ2n) is 13.2. The lowest BCUT2D eigenvalue weighted by Gasteiger charge is -2.45. The lowest BCUT2D eigenvalue weighted by Crippen LogP contribution is -2.42. The summed E-state index contributed by atoms with van der Waals surface area (Å²) in [5.41, 5.74) is 5.20. The highest BCUT2D eigenvalue weighted by Crippen LogP contribution is 2.45. The van der Waals surface area contributed by atoms with Crippen molar-refractivity contribution in [2.45, 2.75) is 70.7 Å². The third-order valence-electron chi connectivity index (χ3n) is 10.6. The molecule has 1 saturated carbocycles. The van der Waals surface area contributed by atoms with Gasteiger partial charge in [-0.05, 0) is 88.0 Å². The fourth-order valence-corrected chi connectivity index (χ4v) is 8.16. The minimum Gasteiger partial charge on any atom is -0.460 e. The van der Waals surface area contributed by atoms with Gasteiger partial charge in [0.2, 0.25) is 0 Å². The number of hydrogen-bond donors (Lipinski definition) is 0. The Kier molecular flexibility index (Phi) is 6.94. The summed E-state index contributed by atoms with van der Waals surface area (Å²) in [4.78, 5) is 22.0. The smallest absolute Gasteiger partial charge is 0.318 e. The number of nitrogens with zero attached hydrogens (tertiary/aromatic N) is 7. The molecule has 224 valence electrons. The predicted molar refractivity (Wildman–Crippen MR) is 171 cm³/mol. The summed E-state index contributed by atoms with van der Waals surface area (Å²) >= 11 is 6.75. The van der Waals surface area contributed by atoms with Gasteiger partial charge in [-0.2, -0.15) is 9.97 Å². The molecule has 43 heavy (non-hydrogen) atoms. The Balaban J connectivity index is 1.09. The minimum absolute atomic E-state index is 0.176. The maximum Gasteiger partial charge on any atom is 0.318 e.